The third-order valence-corrected chi connectivity index (χ3v) is 5.86. The van der Waals surface area contributed by atoms with Crippen molar-refractivity contribution in [3.63, 3.8) is 0 Å². The Morgan fingerprint density at radius 2 is 1.62 bits per heavy atom. The molecule has 0 unspecified atom stereocenters. The summed E-state index contributed by atoms with van der Waals surface area (Å²) < 4.78 is 20.1. The molecule has 6 nitrogen and oxygen atoms in total. The van der Waals surface area contributed by atoms with Crippen LogP contribution in [0.3, 0.4) is 0 Å². The lowest BCUT2D eigenvalue weighted by atomic mass is 10.1. The van der Waals surface area contributed by atoms with Gasteiger partial charge in [0.15, 0.2) is 5.58 Å². The molecule has 1 amide bonds. The van der Waals surface area contributed by atoms with E-state index in [0.29, 0.717) is 49.4 Å². The van der Waals surface area contributed by atoms with Crippen LogP contribution < -0.4 is 10.7 Å². The normalized spacial score (nSPS) is 14.2. The van der Waals surface area contributed by atoms with E-state index in [-0.39, 0.29) is 11.7 Å². The summed E-state index contributed by atoms with van der Waals surface area (Å²) in [5.74, 6) is -0.783. The number of piperazine rings is 1. The number of anilines is 1. The molecule has 0 atom stereocenters. The van der Waals surface area contributed by atoms with E-state index in [4.69, 9.17) is 4.42 Å². The summed E-state index contributed by atoms with van der Waals surface area (Å²) in [6, 6.07) is 21.2. The van der Waals surface area contributed by atoms with E-state index in [0.717, 1.165) is 11.3 Å². The van der Waals surface area contributed by atoms with Crippen LogP contribution in [0.25, 0.3) is 11.1 Å². The molecule has 0 spiro atoms. The zero-order valence-electron chi connectivity index (χ0n) is 17.4. The van der Waals surface area contributed by atoms with Crippen LogP contribution in [0.2, 0.25) is 0 Å². The first-order chi connectivity index (χ1) is 15.6. The third-order valence-electron chi connectivity index (χ3n) is 5.86. The van der Waals surface area contributed by atoms with Crippen molar-refractivity contribution in [2.45, 2.75) is 6.54 Å². The fourth-order valence-electron chi connectivity index (χ4n) is 4.11. The van der Waals surface area contributed by atoms with Gasteiger partial charge in [0.25, 0.3) is 5.91 Å². The maximum atomic E-state index is 13.2. The van der Waals surface area contributed by atoms with Crippen LogP contribution in [0.5, 0.6) is 0 Å². The first-order valence-electron chi connectivity index (χ1n) is 10.6. The van der Waals surface area contributed by atoms with Crippen LogP contribution in [-0.2, 0) is 6.54 Å². The van der Waals surface area contributed by atoms with E-state index < -0.39 is 5.76 Å². The molecule has 0 aliphatic carbocycles. The van der Waals surface area contributed by atoms with Crippen molar-refractivity contribution in [1.29, 1.82) is 0 Å². The Morgan fingerprint density at radius 1 is 0.906 bits per heavy atom. The van der Waals surface area contributed by atoms with Gasteiger partial charge in [0, 0.05) is 37.4 Å². The van der Waals surface area contributed by atoms with Crippen molar-refractivity contribution in [3.8, 4) is 0 Å². The average Bonchev–Trinajstić information content (AvgIpc) is 3.14. The maximum absolute atomic E-state index is 13.2. The standard InChI is InChI=1S/C25H22FN3O3/c26-20-7-9-21(10-8-20)27-12-14-28(15-13-27)24(30)19-6-11-23-22(16-19)29(25(31)32-23)17-18-4-2-1-3-5-18/h1-11,16H,12-15,17H2. The molecule has 1 aromatic heterocycles. The minimum absolute atomic E-state index is 0.0782. The maximum Gasteiger partial charge on any atom is 0.420 e. The summed E-state index contributed by atoms with van der Waals surface area (Å²) in [6.45, 7) is 2.85. The quantitative estimate of drug-likeness (QED) is 0.494. The molecule has 4 aromatic rings. The zero-order chi connectivity index (χ0) is 22.1. The van der Waals surface area contributed by atoms with Gasteiger partial charge in [-0.2, -0.15) is 0 Å². The van der Waals surface area contributed by atoms with Gasteiger partial charge in [-0.3, -0.25) is 9.36 Å². The number of fused-ring (bicyclic) bond motifs is 1. The van der Waals surface area contributed by atoms with Crippen LogP contribution in [-0.4, -0.2) is 41.6 Å². The van der Waals surface area contributed by atoms with Crippen LogP contribution in [0.15, 0.2) is 82.0 Å². The molecule has 1 aliphatic heterocycles. The second-order valence-electron chi connectivity index (χ2n) is 7.88. The first-order valence-corrected chi connectivity index (χ1v) is 10.6. The van der Waals surface area contributed by atoms with Crippen molar-refractivity contribution >= 4 is 22.7 Å². The number of aromatic nitrogens is 1. The van der Waals surface area contributed by atoms with Crippen LogP contribution in [0.4, 0.5) is 10.1 Å². The van der Waals surface area contributed by atoms with Gasteiger partial charge in [-0.25, -0.2) is 9.18 Å². The molecule has 2 heterocycles. The van der Waals surface area contributed by atoms with Crippen molar-refractivity contribution in [2.75, 3.05) is 31.1 Å². The minimum Gasteiger partial charge on any atom is -0.408 e. The molecular formula is C25H22FN3O3. The molecule has 0 bridgehead atoms. The topological polar surface area (TPSA) is 58.7 Å². The monoisotopic (exact) mass is 431 g/mol. The number of hydrogen-bond donors (Lipinski definition) is 0. The predicted octanol–water partition coefficient (Wildman–Crippen LogP) is 3.74. The SMILES string of the molecule is O=C(c1ccc2oc(=O)n(Cc3ccccc3)c2c1)N1CCN(c2ccc(F)cc2)CC1. The van der Waals surface area contributed by atoms with E-state index >= 15 is 0 Å². The van der Waals surface area contributed by atoms with Gasteiger partial charge < -0.3 is 14.2 Å². The molecule has 1 saturated heterocycles. The van der Waals surface area contributed by atoms with Gasteiger partial charge in [-0.15, -0.1) is 0 Å². The highest BCUT2D eigenvalue weighted by molar-refractivity contribution is 5.97. The summed E-state index contributed by atoms with van der Waals surface area (Å²) >= 11 is 0. The number of amides is 1. The fourth-order valence-corrected chi connectivity index (χ4v) is 4.11. The van der Waals surface area contributed by atoms with Crippen molar-refractivity contribution < 1.29 is 13.6 Å². The van der Waals surface area contributed by atoms with Gasteiger partial charge in [0.2, 0.25) is 0 Å². The Hall–Kier alpha value is -3.87. The van der Waals surface area contributed by atoms with Gasteiger partial charge in [0.1, 0.15) is 5.82 Å². The fraction of sp³-hybridized carbons (Fsp3) is 0.200. The molecule has 0 N–H and O–H groups in total. The largest absolute Gasteiger partial charge is 0.420 e. The molecule has 0 saturated carbocycles. The average molecular weight is 431 g/mol. The molecule has 32 heavy (non-hydrogen) atoms. The number of hydrogen-bond acceptors (Lipinski definition) is 4. The predicted molar refractivity (Wildman–Crippen MR) is 121 cm³/mol. The molecule has 3 aromatic carbocycles. The molecule has 162 valence electrons. The number of carbonyl (C=O) groups is 1. The van der Waals surface area contributed by atoms with Crippen molar-refractivity contribution in [2.24, 2.45) is 0 Å². The van der Waals surface area contributed by atoms with Gasteiger partial charge >= 0.3 is 5.76 Å². The van der Waals surface area contributed by atoms with Crippen molar-refractivity contribution in [1.82, 2.24) is 9.47 Å². The van der Waals surface area contributed by atoms with E-state index in [1.165, 1.54) is 12.1 Å². The number of nitrogens with zero attached hydrogens (tertiary/aromatic N) is 3. The Bertz CT molecular complexity index is 1300. The van der Waals surface area contributed by atoms with Crippen LogP contribution in [0, 0.1) is 5.82 Å². The molecule has 5 rings (SSSR count). The number of carbonyl (C=O) groups excluding carboxylic acids is 1. The Kier molecular flexibility index (Phi) is 5.23. The molecule has 1 aliphatic rings. The van der Waals surface area contributed by atoms with E-state index in [9.17, 15) is 14.0 Å². The highest BCUT2D eigenvalue weighted by Crippen LogP contribution is 2.20. The second kappa shape index (κ2) is 8.34. The Labute approximate surface area is 184 Å². The lowest BCUT2D eigenvalue weighted by Crippen LogP contribution is -2.48. The van der Waals surface area contributed by atoms with Gasteiger partial charge in [-0.05, 0) is 48.0 Å². The lowest BCUT2D eigenvalue weighted by molar-refractivity contribution is 0.0747. The van der Waals surface area contributed by atoms with Gasteiger partial charge in [0.05, 0.1) is 12.1 Å². The summed E-state index contributed by atoms with van der Waals surface area (Å²) in [5, 5.41) is 0. The molecule has 1 fully saturated rings. The smallest absolute Gasteiger partial charge is 0.408 e. The van der Waals surface area contributed by atoms with E-state index in [1.807, 2.05) is 30.3 Å². The highest BCUT2D eigenvalue weighted by atomic mass is 19.1. The molecule has 0 radical (unpaired) electrons. The number of benzene rings is 3. The minimum atomic E-state index is -0.443. The lowest BCUT2D eigenvalue weighted by Gasteiger charge is -2.36. The van der Waals surface area contributed by atoms with Gasteiger partial charge in [-0.1, -0.05) is 30.3 Å². The van der Waals surface area contributed by atoms with E-state index in [1.54, 1.807) is 39.8 Å². The van der Waals surface area contributed by atoms with Crippen molar-refractivity contribution in [3.05, 3.63) is 100 Å². The zero-order valence-corrected chi connectivity index (χ0v) is 17.4. The summed E-state index contributed by atoms with van der Waals surface area (Å²) in [7, 11) is 0. The number of oxazole rings is 1. The summed E-state index contributed by atoms with van der Waals surface area (Å²) in [6.07, 6.45) is 0. The first kappa shape index (κ1) is 20.1. The number of rotatable bonds is 4. The number of halogens is 1. The highest BCUT2D eigenvalue weighted by Gasteiger charge is 2.23. The Morgan fingerprint density at radius 3 is 2.34 bits per heavy atom. The third kappa shape index (κ3) is 3.89. The van der Waals surface area contributed by atoms with Crippen LogP contribution >= 0.6 is 0 Å². The van der Waals surface area contributed by atoms with Crippen LogP contribution in [0.1, 0.15) is 15.9 Å². The molecule has 7 heteroatoms. The molecular weight excluding hydrogens is 409 g/mol. The second-order valence-corrected chi connectivity index (χ2v) is 7.88. The summed E-state index contributed by atoms with van der Waals surface area (Å²) in [4.78, 5) is 29.5. The summed E-state index contributed by atoms with van der Waals surface area (Å²) in [5.41, 5.74) is 3.52. The Balaban J connectivity index is 1.34. The van der Waals surface area contributed by atoms with E-state index in [2.05, 4.69) is 4.90 Å².